The van der Waals surface area contributed by atoms with E-state index in [1.165, 1.54) is 0 Å². The zero-order chi connectivity index (χ0) is 18.0. The number of hydrogen-bond donors (Lipinski definition) is 0. The topological polar surface area (TPSA) is 43.4 Å². The smallest absolute Gasteiger partial charge is 0.306 e. The molecule has 0 saturated heterocycles. The third kappa shape index (κ3) is 5.63. The van der Waals surface area contributed by atoms with E-state index in [1.807, 2.05) is 44.2 Å². The molecule has 3 heteroatoms. The van der Waals surface area contributed by atoms with Crippen LogP contribution < -0.4 is 0 Å². The third-order valence-corrected chi connectivity index (χ3v) is 4.66. The minimum atomic E-state index is -0.428. The summed E-state index contributed by atoms with van der Waals surface area (Å²) in [4.78, 5) is 24.5. The van der Waals surface area contributed by atoms with E-state index in [0.717, 1.165) is 30.4 Å². The normalized spacial score (nSPS) is 13.1. The van der Waals surface area contributed by atoms with Crippen LogP contribution in [0, 0.1) is 5.41 Å². The Morgan fingerprint density at radius 3 is 2.33 bits per heavy atom. The molecule has 0 aliphatic rings. The van der Waals surface area contributed by atoms with Crippen LogP contribution in [0.4, 0.5) is 0 Å². The van der Waals surface area contributed by atoms with Crippen LogP contribution in [0.15, 0.2) is 42.5 Å². The molecule has 1 rings (SSSR count). The Bertz CT molecular complexity index is 547. The molecule has 0 bridgehead atoms. The summed E-state index contributed by atoms with van der Waals surface area (Å²) in [5.74, 6) is -0.0465. The van der Waals surface area contributed by atoms with Crippen LogP contribution in [0.2, 0.25) is 0 Å². The number of esters is 1. The maximum atomic E-state index is 12.7. The minimum absolute atomic E-state index is 0.204. The van der Waals surface area contributed by atoms with Crippen molar-refractivity contribution in [3.8, 4) is 0 Å². The molecular weight excluding hydrogens is 300 g/mol. The fourth-order valence-corrected chi connectivity index (χ4v) is 3.14. The van der Waals surface area contributed by atoms with Crippen molar-refractivity contribution < 1.29 is 14.3 Å². The van der Waals surface area contributed by atoms with Gasteiger partial charge in [-0.25, -0.2) is 0 Å². The molecule has 0 N–H and O–H groups in total. The first kappa shape index (κ1) is 20.1. The van der Waals surface area contributed by atoms with Gasteiger partial charge in [-0.2, -0.15) is 0 Å². The number of carbonyl (C=O) groups is 2. The van der Waals surface area contributed by atoms with Gasteiger partial charge in [-0.3, -0.25) is 9.59 Å². The molecule has 1 aromatic rings. The van der Waals surface area contributed by atoms with Gasteiger partial charge in [0.15, 0.2) is 0 Å². The highest BCUT2D eigenvalue weighted by Gasteiger charge is 2.35. The Morgan fingerprint density at radius 2 is 1.79 bits per heavy atom. The molecule has 1 unspecified atom stereocenters. The first-order valence-electron chi connectivity index (χ1n) is 8.85. The third-order valence-electron chi connectivity index (χ3n) is 4.66. The zero-order valence-corrected chi connectivity index (χ0v) is 15.3. The van der Waals surface area contributed by atoms with E-state index in [9.17, 15) is 9.59 Å². The Kier molecular flexibility index (Phi) is 8.45. The highest BCUT2D eigenvalue weighted by Crippen LogP contribution is 2.37. The van der Waals surface area contributed by atoms with Crippen LogP contribution in [0.25, 0.3) is 0 Å². The number of allylic oxidation sites excluding steroid dienone is 1. The van der Waals surface area contributed by atoms with E-state index in [0.29, 0.717) is 12.8 Å². The van der Waals surface area contributed by atoms with E-state index >= 15 is 0 Å². The van der Waals surface area contributed by atoms with Gasteiger partial charge >= 0.3 is 5.97 Å². The van der Waals surface area contributed by atoms with Crippen molar-refractivity contribution in [1.82, 2.24) is 0 Å². The van der Waals surface area contributed by atoms with Gasteiger partial charge in [0.2, 0.25) is 0 Å². The van der Waals surface area contributed by atoms with Crippen LogP contribution >= 0.6 is 0 Å². The molecule has 24 heavy (non-hydrogen) atoms. The van der Waals surface area contributed by atoms with Crippen molar-refractivity contribution in [2.45, 2.75) is 65.9 Å². The number of ether oxygens (including phenoxy) is 1. The van der Waals surface area contributed by atoms with Crippen LogP contribution in [-0.2, 0) is 20.9 Å². The Labute approximate surface area is 146 Å². The maximum Gasteiger partial charge on any atom is 0.306 e. The average Bonchev–Trinajstić information content (AvgIpc) is 2.58. The molecular formula is C21H30O3. The molecule has 0 amide bonds. The summed E-state index contributed by atoms with van der Waals surface area (Å²) in [6.07, 6.45) is 3.77. The predicted octanol–water partition coefficient (Wildman–Crippen LogP) is 5.24. The summed E-state index contributed by atoms with van der Waals surface area (Å²) in [6.45, 7) is 10.4. The van der Waals surface area contributed by atoms with Crippen molar-refractivity contribution in [2.24, 2.45) is 5.41 Å². The van der Waals surface area contributed by atoms with Crippen LogP contribution in [0.3, 0.4) is 0 Å². The molecule has 1 aromatic carbocycles. The lowest BCUT2D eigenvalue weighted by Gasteiger charge is -2.32. The Balaban J connectivity index is 2.43. The average molecular weight is 330 g/mol. The molecule has 1 atom stereocenters. The second-order valence-electron chi connectivity index (χ2n) is 6.39. The van der Waals surface area contributed by atoms with Crippen molar-refractivity contribution in [2.75, 3.05) is 0 Å². The van der Waals surface area contributed by atoms with Crippen molar-refractivity contribution >= 4 is 11.8 Å². The van der Waals surface area contributed by atoms with Crippen LogP contribution in [0.5, 0.6) is 0 Å². The molecule has 0 heterocycles. The maximum absolute atomic E-state index is 12.7. The molecule has 0 saturated carbocycles. The molecule has 0 aliphatic heterocycles. The number of Topliss-reactive ketones (excluding diaryl/α,β-unsaturated/α-hetero) is 1. The summed E-state index contributed by atoms with van der Waals surface area (Å²) in [7, 11) is 0. The second kappa shape index (κ2) is 10.1. The Morgan fingerprint density at radius 1 is 1.12 bits per heavy atom. The molecule has 0 fully saturated rings. The van der Waals surface area contributed by atoms with Crippen LogP contribution in [-0.4, -0.2) is 11.8 Å². The summed E-state index contributed by atoms with van der Waals surface area (Å²) in [6, 6.07) is 9.60. The van der Waals surface area contributed by atoms with E-state index in [2.05, 4.69) is 13.5 Å². The predicted molar refractivity (Wildman–Crippen MR) is 97.5 cm³/mol. The molecule has 0 radical (unpaired) electrons. The van der Waals surface area contributed by atoms with E-state index < -0.39 is 5.41 Å². The molecule has 132 valence electrons. The second-order valence-corrected chi connectivity index (χ2v) is 6.39. The van der Waals surface area contributed by atoms with Gasteiger partial charge in [-0.05, 0) is 31.7 Å². The number of benzene rings is 1. The molecule has 0 spiro atoms. The lowest BCUT2D eigenvalue weighted by molar-refractivity contribution is -0.145. The number of ketones is 1. The van der Waals surface area contributed by atoms with Gasteiger partial charge in [0.1, 0.15) is 12.4 Å². The first-order valence-corrected chi connectivity index (χ1v) is 8.85. The van der Waals surface area contributed by atoms with Crippen molar-refractivity contribution in [3.05, 3.63) is 48.0 Å². The zero-order valence-electron chi connectivity index (χ0n) is 15.3. The van der Waals surface area contributed by atoms with Gasteiger partial charge in [0.25, 0.3) is 0 Å². The van der Waals surface area contributed by atoms with Gasteiger partial charge in [0, 0.05) is 18.3 Å². The van der Waals surface area contributed by atoms with E-state index in [-0.39, 0.29) is 24.8 Å². The van der Waals surface area contributed by atoms with Gasteiger partial charge < -0.3 is 4.74 Å². The fraction of sp³-hybridized carbons (Fsp3) is 0.524. The lowest BCUT2D eigenvalue weighted by atomic mass is 9.71. The van der Waals surface area contributed by atoms with Crippen molar-refractivity contribution in [1.29, 1.82) is 0 Å². The fourth-order valence-electron chi connectivity index (χ4n) is 3.14. The number of carbonyl (C=O) groups excluding carboxylic acids is 2. The summed E-state index contributed by atoms with van der Waals surface area (Å²) in [5, 5.41) is 0. The van der Waals surface area contributed by atoms with Gasteiger partial charge in [-0.15, -0.1) is 0 Å². The SMILES string of the molecule is C=C(C)C(CC)(CCC)C(=O)CCCC(=O)OCc1ccccc1. The molecule has 3 nitrogen and oxygen atoms in total. The Hall–Kier alpha value is -1.90. The quantitative estimate of drug-likeness (QED) is 0.411. The number of rotatable bonds is 11. The number of hydrogen-bond acceptors (Lipinski definition) is 3. The summed E-state index contributed by atoms with van der Waals surface area (Å²) in [5.41, 5.74) is 1.48. The van der Waals surface area contributed by atoms with Gasteiger partial charge in [0.05, 0.1) is 0 Å². The van der Waals surface area contributed by atoms with Crippen LogP contribution in [0.1, 0.15) is 64.9 Å². The minimum Gasteiger partial charge on any atom is -0.461 e. The van der Waals surface area contributed by atoms with Gasteiger partial charge in [-0.1, -0.05) is 62.8 Å². The molecule has 0 aromatic heterocycles. The van der Waals surface area contributed by atoms with Crippen molar-refractivity contribution in [3.63, 3.8) is 0 Å². The highest BCUT2D eigenvalue weighted by molar-refractivity contribution is 5.88. The van der Waals surface area contributed by atoms with E-state index in [4.69, 9.17) is 4.74 Å². The molecule has 0 aliphatic carbocycles. The lowest BCUT2D eigenvalue weighted by Crippen LogP contribution is -2.31. The monoisotopic (exact) mass is 330 g/mol. The standard InChI is InChI=1S/C21H30O3/c1-5-15-21(6-2,17(3)4)19(22)13-10-14-20(23)24-16-18-11-8-7-9-12-18/h7-9,11-12H,3,5-6,10,13-16H2,1-2,4H3. The largest absolute Gasteiger partial charge is 0.461 e. The first-order chi connectivity index (χ1) is 11.5. The van der Waals surface area contributed by atoms with E-state index in [1.54, 1.807) is 0 Å². The highest BCUT2D eigenvalue weighted by atomic mass is 16.5. The summed E-state index contributed by atoms with van der Waals surface area (Å²) < 4.78 is 5.25. The summed E-state index contributed by atoms with van der Waals surface area (Å²) >= 11 is 0.